The Bertz CT molecular complexity index is 712. The number of nitrogens with zero attached hydrogens (tertiary/aromatic N) is 2. The van der Waals surface area contributed by atoms with Gasteiger partial charge in [0.05, 0.1) is 11.0 Å². The number of benzene rings is 1. The summed E-state index contributed by atoms with van der Waals surface area (Å²) in [6, 6.07) is 8.57. The molecule has 1 heterocycles. The second kappa shape index (κ2) is 6.63. The van der Waals surface area contributed by atoms with Gasteiger partial charge in [0, 0.05) is 26.0 Å². The molecule has 2 aromatic rings. The number of amides is 1. The van der Waals surface area contributed by atoms with Gasteiger partial charge in [-0.2, -0.15) is 13.2 Å². The highest BCUT2D eigenvalue weighted by Gasteiger charge is 2.33. The molecule has 0 saturated carbocycles. The Balaban J connectivity index is 2.18. The second-order valence-electron chi connectivity index (χ2n) is 6.23. The minimum absolute atomic E-state index is 0.104. The van der Waals surface area contributed by atoms with Crippen molar-refractivity contribution < 1.29 is 18.0 Å². The Labute approximate surface area is 139 Å². The Morgan fingerprint density at radius 2 is 1.79 bits per heavy atom. The first-order chi connectivity index (χ1) is 11.1. The van der Waals surface area contributed by atoms with Gasteiger partial charge in [-0.25, -0.2) is 0 Å². The van der Waals surface area contributed by atoms with Gasteiger partial charge in [0.25, 0.3) is 0 Å². The summed E-state index contributed by atoms with van der Waals surface area (Å²) in [6.45, 7) is 3.65. The first-order valence-electron chi connectivity index (χ1n) is 7.44. The van der Waals surface area contributed by atoms with Crippen LogP contribution >= 0.6 is 0 Å². The van der Waals surface area contributed by atoms with Gasteiger partial charge in [0.15, 0.2) is 0 Å². The maximum Gasteiger partial charge on any atom is 0.416 e. The van der Waals surface area contributed by atoms with Crippen LogP contribution in [0.15, 0.2) is 48.8 Å². The van der Waals surface area contributed by atoms with Crippen LogP contribution in [0.4, 0.5) is 13.2 Å². The van der Waals surface area contributed by atoms with Crippen molar-refractivity contribution in [3.63, 3.8) is 0 Å². The van der Waals surface area contributed by atoms with Crippen LogP contribution in [-0.4, -0.2) is 22.8 Å². The fourth-order valence-corrected chi connectivity index (χ4v) is 2.52. The summed E-state index contributed by atoms with van der Waals surface area (Å²) < 4.78 is 38.4. The summed E-state index contributed by atoms with van der Waals surface area (Å²) >= 11 is 0. The predicted octanol–water partition coefficient (Wildman–Crippen LogP) is 4.04. The lowest BCUT2D eigenvalue weighted by molar-refractivity contribution is -0.137. The molecule has 0 atom stereocenters. The van der Waals surface area contributed by atoms with Crippen molar-refractivity contribution in [2.45, 2.75) is 32.0 Å². The molecular weight excluding hydrogens is 317 g/mol. The molecule has 128 valence electrons. The molecule has 0 aliphatic carbocycles. The van der Waals surface area contributed by atoms with Crippen LogP contribution in [0.25, 0.3) is 0 Å². The monoisotopic (exact) mass is 336 g/mol. The van der Waals surface area contributed by atoms with Crippen LogP contribution in [0.1, 0.15) is 30.5 Å². The SMILES string of the molecule is CN(Cc1cccc(C(F)(F)F)c1)C(=O)C(C)(C)c1cccnc1. The summed E-state index contributed by atoms with van der Waals surface area (Å²) in [5, 5.41) is 0. The zero-order valence-corrected chi connectivity index (χ0v) is 13.8. The van der Waals surface area contributed by atoms with Crippen LogP contribution in [0.5, 0.6) is 0 Å². The van der Waals surface area contributed by atoms with E-state index >= 15 is 0 Å². The van der Waals surface area contributed by atoms with E-state index in [-0.39, 0.29) is 12.5 Å². The van der Waals surface area contributed by atoms with Gasteiger partial charge < -0.3 is 4.90 Å². The smallest absolute Gasteiger partial charge is 0.341 e. The van der Waals surface area contributed by atoms with Gasteiger partial charge in [0.2, 0.25) is 5.91 Å². The molecule has 1 aromatic heterocycles. The molecule has 0 radical (unpaired) electrons. The summed E-state index contributed by atoms with van der Waals surface area (Å²) in [7, 11) is 1.58. The lowest BCUT2D eigenvalue weighted by Crippen LogP contribution is -2.41. The third-order valence-corrected chi connectivity index (χ3v) is 3.94. The zero-order valence-electron chi connectivity index (χ0n) is 13.8. The lowest BCUT2D eigenvalue weighted by Gasteiger charge is -2.29. The molecule has 2 rings (SSSR count). The van der Waals surface area contributed by atoms with Crippen LogP contribution in [0.3, 0.4) is 0 Å². The van der Waals surface area contributed by atoms with Crippen LogP contribution in [0, 0.1) is 0 Å². The highest BCUT2D eigenvalue weighted by Crippen LogP contribution is 2.30. The van der Waals surface area contributed by atoms with E-state index in [4.69, 9.17) is 0 Å². The molecule has 1 aromatic carbocycles. The van der Waals surface area contributed by atoms with E-state index < -0.39 is 17.2 Å². The summed E-state index contributed by atoms with van der Waals surface area (Å²) in [6.07, 6.45) is -1.15. The fraction of sp³-hybridized carbons (Fsp3) is 0.333. The van der Waals surface area contributed by atoms with Gasteiger partial charge in [-0.15, -0.1) is 0 Å². The first kappa shape index (κ1) is 18.0. The van der Waals surface area contributed by atoms with Gasteiger partial charge in [-0.3, -0.25) is 9.78 Å². The summed E-state index contributed by atoms with van der Waals surface area (Å²) in [4.78, 5) is 18.2. The maximum atomic E-state index is 12.8. The quantitative estimate of drug-likeness (QED) is 0.844. The van der Waals surface area contributed by atoms with Crippen LogP contribution in [0.2, 0.25) is 0 Å². The third-order valence-electron chi connectivity index (χ3n) is 3.94. The second-order valence-corrected chi connectivity index (χ2v) is 6.23. The first-order valence-corrected chi connectivity index (χ1v) is 7.44. The Kier molecular flexibility index (Phi) is 4.96. The van der Waals surface area contributed by atoms with Crippen LogP contribution < -0.4 is 0 Å². The molecule has 24 heavy (non-hydrogen) atoms. The van der Waals surface area contributed by atoms with E-state index in [2.05, 4.69) is 4.98 Å². The Morgan fingerprint density at radius 3 is 2.38 bits per heavy atom. The molecule has 1 amide bonds. The number of likely N-dealkylation sites (N-methyl/N-ethyl adjacent to an activating group) is 1. The van der Waals surface area contributed by atoms with Crippen molar-refractivity contribution in [1.82, 2.24) is 9.88 Å². The van der Waals surface area contributed by atoms with E-state index in [1.165, 1.54) is 11.0 Å². The predicted molar refractivity (Wildman–Crippen MR) is 85.2 cm³/mol. The van der Waals surface area contributed by atoms with Gasteiger partial charge in [-0.05, 0) is 43.2 Å². The number of rotatable bonds is 4. The minimum atomic E-state index is -4.40. The molecule has 0 N–H and O–H groups in total. The number of pyridine rings is 1. The molecule has 0 unspecified atom stereocenters. The maximum absolute atomic E-state index is 12.8. The highest BCUT2D eigenvalue weighted by atomic mass is 19.4. The summed E-state index contributed by atoms with van der Waals surface area (Å²) in [5.74, 6) is -0.187. The van der Waals surface area contributed by atoms with Gasteiger partial charge in [-0.1, -0.05) is 18.2 Å². The topological polar surface area (TPSA) is 33.2 Å². The van der Waals surface area contributed by atoms with Crippen molar-refractivity contribution in [2.75, 3.05) is 7.05 Å². The molecule has 0 aliphatic rings. The largest absolute Gasteiger partial charge is 0.416 e. The number of halogens is 3. The molecule has 6 heteroatoms. The minimum Gasteiger partial charge on any atom is -0.341 e. The number of carbonyl (C=O) groups is 1. The molecule has 0 bridgehead atoms. The number of carbonyl (C=O) groups excluding carboxylic acids is 1. The Morgan fingerprint density at radius 1 is 1.12 bits per heavy atom. The molecule has 0 saturated heterocycles. The van der Waals surface area contributed by atoms with Crippen LogP contribution in [-0.2, 0) is 22.9 Å². The third kappa shape index (κ3) is 3.93. The number of aromatic nitrogens is 1. The van der Waals surface area contributed by atoms with E-state index in [0.29, 0.717) is 5.56 Å². The van der Waals surface area contributed by atoms with Crippen molar-refractivity contribution >= 4 is 5.91 Å². The fourth-order valence-electron chi connectivity index (χ4n) is 2.52. The standard InChI is InChI=1S/C18H19F3N2O/c1-17(2,15-8-5-9-22-11-15)16(24)23(3)12-13-6-4-7-14(10-13)18(19,20)21/h4-11H,12H2,1-3H3. The molecule has 0 spiro atoms. The van der Waals surface area contributed by atoms with Gasteiger partial charge >= 0.3 is 6.18 Å². The van der Waals surface area contributed by atoms with Crippen molar-refractivity contribution in [2.24, 2.45) is 0 Å². The van der Waals surface area contributed by atoms with E-state index in [0.717, 1.165) is 17.7 Å². The average molecular weight is 336 g/mol. The number of hydrogen-bond donors (Lipinski definition) is 0. The van der Waals surface area contributed by atoms with E-state index in [1.807, 2.05) is 6.07 Å². The number of hydrogen-bond acceptors (Lipinski definition) is 2. The number of alkyl halides is 3. The Hall–Kier alpha value is -2.37. The molecule has 0 fully saturated rings. The summed E-state index contributed by atoms with van der Waals surface area (Å²) in [5.41, 5.74) is -0.342. The average Bonchev–Trinajstić information content (AvgIpc) is 2.54. The van der Waals surface area contributed by atoms with Crippen molar-refractivity contribution in [3.05, 3.63) is 65.5 Å². The lowest BCUT2D eigenvalue weighted by atomic mass is 9.84. The normalized spacial score (nSPS) is 12.1. The molecular formula is C18H19F3N2O. The highest BCUT2D eigenvalue weighted by molar-refractivity contribution is 5.87. The molecule has 3 nitrogen and oxygen atoms in total. The van der Waals surface area contributed by atoms with Crippen molar-refractivity contribution in [3.8, 4) is 0 Å². The van der Waals surface area contributed by atoms with Gasteiger partial charge in [0.1, 0.15) is 0 Å². The van der Waals surface area contributed by atoms with Crippen molar-refractivity contribution in [1.29, 1.82) is 0 Å². The van der Waals surface area contributed by atoms with E-state index in [1.54, 1.807) is 45.4 Å². The molecule has 0 aliphatic heterocycles. The zero-order chi connectivity index (χ0) is 18.0. The van der Waals surface area contributed by atoms with E-state index in [9.17, 15) is 18.0 Å².